The van der Waals surface area contributed by atoms with E-state index in [9.17, 15) is 13.2 Å². The van der Waals surface area contributed by atoms with E-state index >= 15 is 0 Å². The molecule has 8 nitrogen and oxygen atoms in total. The van der Waals surface area contributed by atoms with Crippen molar-refractivity contribution in [2.24, 2.45) is 0 Å². The van der Waals surface area contributed by atoms with Crippen molar-refractivity contribution in [2.75, 3.05) is 47.3 Å². The maximum absolute atomic E-state index is 13.5. The predicted octanol–water partition coefficient (Wildman–Crippen LogP) is 2.86. The molecule has 1 heterocycles. The Kier molecular flexibility index (Phi) is 7.30. The first-order valence-electron chi connectivity index (χ1n) is 10.2. The van der Waals surface area contributed by atoms with E-state index in [0.717, 1.165) is 11.8 Å². The summed E-state index contributed by atoms with van der Waals surface area (Å²) in [5, 5.41) is 0. The van der Waals surface area contributed by atoms with Crippen LogP contribution < -0.4 is 14.2 Å². The van der Waals surface area contributed by atoms with Gasteiger partial charge in [-0.15, -0.1) is 0 Å². The Labute approximate surface area is 189 Å². The summed E-state index contributed by atoms with van der Waals surface area (Å²) in [7, 11) is 0.985. The lowest BCUT2D eigenvalue weighted by atomic mass is 9.77. The summed E-state index contributed by atoms with van der Waals surface area (Å²) in [6.45, 7) is 1.00. The van der Waals surface area contributed by atoms with Gasteiger partial charge in [0.25, 0.3) is 16.0 Å². The fraction of sp³-hybridized carbons (Fsp3) is 0.435. The minimum atomic E-state index is -3.54. The maximum Gasteiger partial charge on any atom is 0.264 e. The third-order valence-corrected chi connectivity index (χ3v) is 6.44. The fourth-order valence-corrected chi connectivity index (χ4v) is 4.56. The van der Waals surface area contributed by atoms with Crippen molar-refractivity contribution in [1.29, 1.82) is 0 Å². The van der Waals surface area contributed by atoms with E-state index in [4.69, 9.17) is 18.4 Å². The third-order valence-electron chi connectivity index (χ3n) is 5.84. The SMILES string of the molecule is COc1cc(OC)c(C(=O)N2CCC(CCOS(C)(=O)=O)(c3ccccc3)C2)cc1OC. The van der Waals surface area contributed by atoms with Crippen LogP contribution in [0.3, 0.4) is 0 Å². The Balaban J connectivity index is 1.90. The number of rotatable bonds is 9. The zero-order valence-corrected chi connectivity index (χ0v) is 19.6. The van der Waals surface area contributed by atoms with Crippen LogP contribution in [0.5, 0.6) is 17.2 Å². The van der Waals surface area contributed by atoms with Crippen LogP contribution in [-0.2, 0) is 19.7 Å². The number of amides is 1. The van der Waals surface area contributed by atoms with Crippen molar-refractivity contribution in [3.63, 3.8) is 0 Å². The molecule has 0 saturated carbocycles. The van der Waals surface area contributed by atoms with Gasteiger partial charge in [0, 0.05) is 30.6 Å². The summed E-state index contributed by atoms with van der Waals surface area (Å²) < 4.78 is 44.1. The van der Waals surface area contributed by atoms with Gasteiger partial charge >= 0.3 is 0 Å². The van der Waals surface area contributed by atoms with Crippen LogP contribution in [0.4, 0.5) is 0 Å². The molecule has 1 aliphatic heterocycles. The Hall–Kier alpha value is -2.78. The second kappa shape index (κ2) is 9.79. The summed E-state index contributed by atoms with van der Waals surface area (Å²) in [6.07, 6.45) is 2.19. The zero-order chi connectivity index (χ0) is 23.4. The molecule has 9 heteroatoms. The number of hydrogen-bond donors (Lipinski definition) is 0. The molecule has 0 aromatic heterocycles. The van der Waals surface area contributed by atoms with Crippen molar-refractivity contribution >= 4 is 16.0 Å². The van der Waals surface area contributed by atoms with Gasteiger partial charge in [0.15, 0.2) is 11.5 Å². The lowest BCUT2D eigenvalue weighted by Crippen LogP contribution is -2.35. The lowest BCUT2D eigenvalue weighted by molar-refractivity contribution is 0.0776. The van der Waals surface area contributed by atoms with E-state index < -0.39 is 15.5 Å². The average molecular weight is 464 g/mol. The first kappa shape index (κ1) is 23.9. The number of ether oxygens (including phenoxy) is 3. The van der Waals surface area contributed by atoms with Gasteiger partial charge in [-0.25, -0.2) is 0 Å². The van der Waals surface area contributed by atoms with Crippen LogP contribution in [-0.4, -0.2) is 66.5 Å². The molecular weight excluding hydrogens is 434 g/mol. The number of carbonyl (C=O) groups is 1. The summed E-state index contributed by atoms with van der Waals surface area (Å²) in [5.41, 5.74) is 1.01. The standard InChI is InChI=1S/C23H29NO7S/c1-28-19-15-21(30-3)20(29-2)14-18(19)22(25)24-12-10-23(16-24,11-13-31-32(4,26)27)17-8-6-5-7-9-17/h5-9,14-15H,10-13,16H2,1-4H3. The van der Waals surface area contributed by atoms with Crippen molar-refractivity contribution in [2.45, 2.75) is 18.3 Å². The highest BCUT2D eigenvalue weighted by molar-refractivity contribution is 7.85. The average Bonchev–Trinajstić information content (AvgIpc) is 3.22. The molecule has 1 fully saturated rings. The minimum Gasteiger partial charge on any atom is -0.496 e. The molecule has 1 unspecified atom stereocenters. The first-order chi connectivity index (χ1) is 15.2. The molecule has 32 heavy (non-hydrogen) atoms. The van der Waals surface area contributed by atoms with Crippen molar-refractivity contribution in [3.05, 3.63) is 53.6 Å². The van der Waals surface area contributed by atoms with Crippen molar-refractivity contribution in [1.82, 2.24) is 4.90 Å². The van der Waals surface area contributed by atoms with Gasteiger partial charge in [0.1, 0.15) is 5.75 Å². The maximum atomic E-state index is 13.5. The summed E-state index contributed by atoms with van der Waals surface area (Å²) in [5.74, 6) is 1.11. The molecule has 0 bridgehead atoms. The number of benzene rings is 2. The molecule has 0 spiro atoms. The number of nitrogens with zero attached hydrogens (tertiary/aromatic N) is 1. The molecule has 2 aromatic rings. The van der Waals surface area contributed by atoms with Gasteiger partial charge in [0.2, 0.25) is 0 Å². The van der Waals surface area contributed by atoms with E-state index in [-0.39, 0.29) is 12.5 Å². The highest BCUT2D eigenvalue weighted by Crippen LogP contribution is 2.40. The Morgan fingerprint density at radius 2 is 1.62 bits per heavy atom. The number of likely N-dealkylation sites (tertiary alicyclic amines) is 1. The fourth-order valence-electron chi connectivity index (χ4n) is 4.18. The van der Waals surface area contributed by atoms with Crippen LogP contribution in [0.15, 0.2) is 42.5 Å². The van der Waals surface area contributed by atoms with Crippen molar-refractivity contribution in [3.8, 4) is 17.2 Å². The number of methoxy groups -OCH3 is 3. The quantitative estimate of drug-likeness (QED) is 0.528. The molecule has 0 N–H and O–H groups in total. The molecule has 1 atom stereocenters. The van der Waals surface area contributed by atoms with Gasteiger partial charge in [-0.05, 0) is 18.4 Å². The molecule has 0 aliphatic carbocycles. The topological polar surface area (TPSA) is 91.4 Å². The summed E-state index contributed by atoms with van der Waals surface area (Å²) >= 11 is 0. The molecule has 2 aromatic carbocycles. The highest BCUT2D eigenvalue weighted by atomic mass is 32.2. The largest absolute Gasteiger partial charge is 0.496 e. The Morgan fingerprint density at radius 3 is 2.22 bits per heavy atom. The normalized spacial score (nSPS) is 18.4. The number of hydrogen-bond acceptors (Lipinski definition) is 7. The van der Waals surface area contributed by atoms with E-state index in [2.05, 4.69) is 0 Å². The number of carbonyl (C=O) groups excluding carboxylic acids is 1. The first-order valence-corrected chi connectivity index (χ1v) is 12.0. The van der Waals surface area contributed by atoms with Crippen molar-refractivity contribution < 1.29 is 31.6 Å². The van der Waals surface area contributed by atoms with Gasteiger partial charge < -0.3 is 19.1 Å². The van der Waals surface area contributed by atoms with E-state index in [1.54, 1.807) is 17.0 Å². The third kappa shape index (κ3) is 5.16. The molecule has 1 aliphatic rings. The van der Waals surface area contributed by atoms with Crippen LogP contribution in [0.2, 0.25) is 0 Å². The monoisotopic (exact) mass is 463 g/mol. The Bertz CT molecular complexity index is 1060. The smallest absolute Gasteiger partial charge is 0.264 e. The lowest BCUT2D eigenvalue weighted by Gasteiger charge is -2.30. The second-order valence-electron chi connectivity index (χ2n) is 7.81. The van der Waals surface area contributed by atoms with E-state index in [0.29, 0.717) is 48.7 Å². The van der Waals surface area contributed by atoms with Gasteiger partial charge in [-0.3, -0.25) is 8.98 Å². The van der Waals surface area contributed by atoms with E-state index in [1.165, 1.54) is 21.3 Å². The molecule has 3 rings (SSSR count). The molecule has 1 saturated heterocycles. The minimum absolute atomic E-state index is 0.0510. The second-order valence-corrected chi connectivity index (χ2v) is 9.45. The van der Waals surface area contributed by atoms with Crippen LogP contribution >= 0.6 is 0 Å². The van der Waals surface area contributed by atoms with Gasteiger partial charge in [0.05, 0.1) is 39.8 Å². The molecule has 1 amide bonds. The zero-order valence-electron chi connectivity index (χ0n) is 18.8. The molecule has 0 radical (unpaired) electrons. The Morgan fingerprint density at radius 1 is 1.00 bits per heavy atom. The van der Waals surface area contributed by atoms with Crippen LogP contribution in [0, 0.1) is 0 Å². The van der Waals surface area contributed by atoms with Gasteiger partial charge in [-0.2, -0.15) is 8.42 Å². The molecule has 174 valence electrons. The summed E-state index contributed by atoms with van der Waals surface area (Å²) in [4.78, 5) is 15.2. The highest BCUT2D eigenvalue weighted by Gasteiger charge is 2.42. The summed E-state index contributed by atoms with van der Waals surface area (Å²) in [6, 6.07) is 13.1. The predicted molar refractivity (Wildman–Crippen MR) is 120 cm³/mol. The molecular formula is C23H29NO7S. The van der Waals surface area contributed by atoms with Crippen LogP contribution in [0.25, 0.3) is 0 Å². The van der Waals surface area contributed by atoms with E-state index in [1.807, 2.05) is 30.3 Å². The van der Waals surface area contributed by atoms with Gasteiger partial charge in [-0.1, -0.05) is 30.3 Å². The van der Waals surface area contributed by atoms with Crippen LogP contribution in [0.1, 0.15) is 28.8 Å².